The molecule has 0 unspecified atom stereocenters. The van der Waals surface area contributed by atoms with Crippen LogP contribution in [0.3, 0.4) is 0 Å². The van der Waals surface area contributed by atoms with Crippen LogP contribution in [0.25, 0.3) is 0 Å². The molecule has 0 spiro atoms. The lowest BCUT2D eigenvalue weighted by Gasteiger charge is -2.31. The Morgan fingerprint density at radius 3 is 2.38 bits per heavy atom. The van der Waals surface area contributed by atoms with Crippen molar-refractivity contribution in [1.29, 1.82) is 0 Å². The first-order chi connectivity index (χ1) is 12.3. The standard InChI is InChI=1S/C18H29BrN4O2S/c1-20-17(21-12-5-13-23-26(2,24)25)22-14-18(10-3-4-11-18)15-6-8-16(19)9-7-15/h6-9,23H,3-5,10-14H2,1-2H3,(H2,20,21,22). The van der Waals surface area contributed by atoms with Crippen molar-refractivity contribution in [2.24, 2.45) is 4.99 Å². The third-order valence-corrected chi connectivity index (χ3v) is 6.10. The van der Waals surface area contributed by atoms with E-state index in [9.17, 15) is 8.42 Å². The van der Waals surface area contributed by atoms with Crippen LogP contribution in [-0.2, 0) is 15.4 Å². The van der Waals surface area contributed by atoms with Gasteiger partial charge < -0.3 is 10.6 Å². The highest BCUT2D eigenvalue weighted by Crippen LogP contribution is 2.40. The molecule has 0 radical (unpaired) electrons. The van der Waals surface area contributed by atoms with Crippen molar-refractivity contribution in [2.45, 2.75) is 37.5 Å². The number of nitrogens with one attached hydrogen (secondary N) is 3. The Labute approximate surface area is 165 Å². The van der Waals surface area contributed by atoms with Gasteiger partial charge in [-0.25, -0.2) is 13.1 Å². The van der Waals surface area contributed by atoms with E-state index < -0.39 is 10.0 Å². The molecule has 6 nitrogen and oxygen atoms in total. The predicted molar refractivity (Wildman–Crippen MR) is 111 cm³/mol. The summed E-state index contributed by atoms with van der Waals surface area (Å²) in [6.07, 6.45) is 6.73. The lowest BCUT2D eigenvalue weighted by molar-refractivity contribution is 0.431. The Bertz CT molecular complexity index is 698. The normalized spacial score (nSPS) is 17.3. The first-order valence-electron chi connectivity index (χ1n) is 9.00. The predicted octanol–water partition coefficient (Wildman–Crippen LogP) is 2.37. The van der Waals surface area contributed by atoms with E-state index in [1.165, 1.54) is 37.5 Å². The first kappa shape index (κ1) is 21.2. The monoisotopic (exact) mass is 444 g/mol. The second-order valence-electron chi connectivity index (χ2n) is 6.87. The molecule has 1 saturated carbocycles. The van der Waals surface area contributed by atoms with Gasteiger partial charge in [-0.3, -0.25) is 4.99 Å². The van der Waals surface area contributed by atoms with E-state index in [0.717, 1.165) is 17.0 Å². The lowest BCUT2D eigenvalue weighted by atomic mass is 9.79. The quantitative estimate of drug-likeness (QED) is 0.326. The van der Waals surface area contributed by atoms with Crippen molar-refractivity contribution in [3.63, 3.8) is 0 Å². The highest BCUT2D eigenvalue weighted by molar-refractivity contribution is 9.10. The van der Waals surface area contributed by atoms with E-state index in [0.29, 0.717) is 19.5 Å². The van der Waals surface area contributed by atoms with Gasteiger partial charge in [-0.1, -0.05) is 40.9 Å². The van der Waals surface area contributed by atoms with Gasteiger partial charge in [0.2, 0.25) is 10.0 Å². The molecule has 0 amide bonds. The zero-order valence-electron chi connectivity index (χ0n) is 15.5. The molecule has 2 rings (SSSR count). The average molecular weight is 445 g/mol. The van der Waals surface area contributed by atoms with Gasteiger partial charge in [0.05, 0.1) is 6.26 Å². The largest absolute Gasteiger partial charge is 0.356 e. The van der Waals surface area contributed by atoms with Gasteiger partial charge in [0.1, 0.15) is 0 Å². The Morgan fingerprint density at radius 2 is 1.81 bits per heavy atom. The molecule has 1 fully saturated rings. The molecule has 1 aromatic carbocycles. The Kier molecular flexibility index (Phi) is 7.91. The molecule has 3 N–H and O–H groups in total. The molecule has 0 bridgehead atoms. The van der Waals surface area contributed by atoms with Crippen molar-refractivity contribution in [2.75, 3.05) is 32.9 Å². The summed E-state index contributed by atoms with van der Waals surface area (Å²) in [4.78, 5) is 4.28. The fourth-order valence-electron chi connectivity index (χ4n) is 3.45. The summed E-state index contributed by atoms with van der Waals surface area (Å²) in [7, 11) is -1.37. The number of hydrogen-bond acceptors (Lipinski definition) is 3. The van der Waals surface area contributed by atoms with Crippen LogP contribution in [0.5, 0.6) is 0 Å². The van der Waals surface area contributed by atoms with E-state index in [2.05, 4.69) is 60.5 Å². The Morgan fingerprint density at radius 1 is 1.15 bits per heavy atom. The van der Waals surface area contributed by atoms with Crippen LogP contribution in [0.2, 0.25) is 0 Å². The fourth-order valence-corrected chi connectivity index (χ4v) is 4.23. The molecule has 0 aromatic heterocycles. The summed E-state index contributed by atoms with van der Waals surface area (Å²) in [6.45, 7) is 1.93. The third-order valence-electron chi connectivity index (χ3n) is 4.85. The van der Waals surface area contributed by atoms with Crippen LogP contribution in [0, 0.1) is 0 Å². The van der Waals surface area contributed by atoms with E-state index in [-0.39, 0.29) is 5.41 Å². The third kappa shape index (κ3) is 6.55. The number of aliphatic imine (C=N–C) groups is 1. The highest BCUT2D eigenvalue weighted by atomic mass is 79.9. The molecule has 26 heavy (non-hydrogen) atoms. The number of nitrogens with zero attached hydrogens (tertiary/aromatic N) is 1. The van der Waals surface area contributed by atoms with E-state index in [1.54, 1.807) is 7.05 Å². The molecule has 0 atom stereocenters. The molecule has 1 aromatic rings. The molecule has 1 aliphatic carbocycles. The minimum absolute atomic E-state index is 0.149. The maximum Gasteiger partial charge on any atom is 0.208 e. The molecular weight excluding hydrogens is 416 g/mol. The Balaban J connectivity index is 1.86. The molecule has 0 aliphatic heterocycles. The van der Waals surface area contributed by atoms with E-state index in [1.807, 2.05) is 0 Å². The van der Waals surface area contributed by atoms with Crippen LogP contribution in [0.15, 0.2) is 33.7 Å². The molecule has 1 aliphatic rings. The second-order valence-corrected chi connectivity index (χ2v) is 9.62. The maximum atomic E-state index is 11.1. The fraction of sp³-hybridized carbons (Fsp3) is 0.611. The summed E-state index contributed by atoms with van der Waals surface area (Å²) in [5.41, 5.74) is 1.52. The molecule has 0 saturated heterocycles. The summed E-state index contributed by atoms with van der Waals surface area (Å²) in [5, 5.41) is 6.71. The van der Waals surface area contributed by atoms with Gasteiger partial charge >= 0.3 is 0 Å². The van der Waals surface area contributed by atoms with Gasteiger partial charge in [-0.15, -0.1) is 0 Å². The van der Waals surface area contributed by atoms with Crippen LogP contribution in [0.1, 0.15) is 37.7 Å². The van der Waals surface area contributed by atoms with Gasteiger partial charge in [-0.05, 0) is 37.0 Å². The smallest absolute Gasteiger partial charge is 0.208 e. The van der Waals surface area contributed by atoms with Crippen molar-refractivity contribution in [1.82, 2.24) is 15.4 Å². The van der Waals surface area contributed by atoms with Crippen LogP contribution >= 0.6 is 15.9 Å². The molecule has 0 heterocycles. The SMILES string of the molecule is CN=C(NCCCNS(C)(=O)=O)NCC1(c2ccc(Br)cc2)CCCC1. The average Bonchev–Trinajstić information content (AvgIpc) is 3.07. The van der Waals surface area contributed by atoms with Gasteiger partial charge in [0.25, 0.3) is 0 Å². The zero-order chi connectivity index (χ0) is 19.0. The topological polar surface area (TPSA) is 82.6 Å². The molecule has 8 heteroatoms. The van der Waals surface area contributed by atoms with Crippen molar-refractivity contribution in [3.8, 4) is 0 Å². The summed E-state index contributed by atoms with van der Waals surface area (Å²) < 4.78 is 25.7. The van der Waals surface area contributed by atoms with Crippen LogP contribution in [0.4, 0.5) is 0 Å². The number of guanidine groups is 1. The number of sulfonamides is 1. The van der Waals surface area contributed by atoms with Crippen molar-refractivity contribution in [3.05, 3.63) is 34.3 Å². The summed E-state index contributed by atoms with van der Waals surface area (Å²) in [6, 6.07) is 8.64. The highest BCUT2D eigenvalue weighted by Gasteiger charge is 2.35. The second kappa shape index (κ2) is 9.71. The number of hydrogen-bond donors (Lipinski definition) is 3. The summed E-state index contributed by atoms with van der Waals surface area (Å²) >= 11 is 3.51. The van der Waals surface area contributed by atoms with Crippen LogP contribution in [-0.4, -0.2) is 47.3 Å². The van der Waals surface area contributed by atoms with E-state index >= 15 is 0 Å². The number of benzene rings is 1. The number of rotatable bonds is 8. The first-order valence-corrected chi connectivity index (χ1v) is 11.7. The maximum absolute atomic E-state index is 11.1. The van der Waals surface area contributed by atoms with Gasteiger partial charge in [0.15, 0.2) is 5.96 Å². The molecular formula is C18H29BrN4O2S. The number of halogens is 1. The minimum Gasteiger partial charge on any atom is -0.356 e. The zero-order valence-corrected chi connectivity index (χ0v) is 17.9. The van der Waals surface area contributed by atoms with Crippen molar-refractivity contribution >= 4 is 31.9 Å². The van der Waals surface area contributed by atoms with Gasteiger partial charge in [-0.2, -0.15) is 0 Å². The van der Waals surface area contributed by atoms with Crippen LogP contribution < -0.4 is 15.4 Å². The van der Waals surface area contributed by atoms with Crippen molar-refractivity contribution < 1.29 is 8.42 Å². The Hall–Kier alpha value is -1.12. The van der Waals surface area contributed by atoms with E-state index in [4.69, 9.17) is 0 Å². The van der Waals surface area contributed by atoms with Gasteiger partial charge in [0, 0.05) is 36.6 Å². The lowest BCUT2D eigenvalue weighted by Crippen LogP contribution is -2.45. The summed E-state index contributed by atoms with van der Waals surface area (Å²) in [5.74, 6) is 0.757. The minimum atomic E-state index is -3.12. The molecule has 146 valence electrons.